The third-order valence-electron chi connectivity index (χ3n) is 3.78. The Bertz CT molecular complexity index is 577. The molecular formula is C15H18ClN3. The van der Waals surface area contributed by atoms with Gasteiger partial charge in [-0.15, -0.1) is 0 Å². The van der Waals surface area contributed by atoms with Gasteiger partial charge in [0.1, 0.15) is 0 Å². The lowest BCUT2D eigenvalue weighted by Crippen LogP contribution is -2.11. The maximum Gasteiger partial charge on any atom is 0.0663 e. The second kappa shape index (κ2) is 5.35. The molecule has 1 aromatic heterocycles. The quantitative estimate of drug-likeness (QED) is 0.855. The molecule has 100 valence electrons. The van der Waals surface area contributed by atoms with E-state index in [4.69, 9.17) is 17.3 Å². The number of aromatic nitrogens is 2. The minimum atomic E-state index is 0.144. The molecule has 0 fully saturated rings. The zero-order chi connectivity index (χ0) is 13.2. The summed E-state index contributed by atoms with van der Waals surface area (Å²) in [4.78, 5) is 0. The fourth-order valence-electron chi connectivity index (χ4n) is 2.76. The fraction of sp³-hybridized carbons (Fsp3) is 0.400. The molecular weight excluding hydrogens is 258 g/mol. The van der Waals surface area contributed by atoms with Gasteiger partial charge >= 0.3 is 0 Å². The third-order valence-corrected chi connectivity index (χ3v) is 4.02. The van der Waals surface area contributed by atoms with Crippen molar-refractivity contribution >= 4 is 11.6 Å². The number of rotatable bonds is 2. The van der Waals surface area contributed by atoms with E-state index in [0.29, 0.717) is 0 Å². The van der Waals surface area contributed by atoms with Gasteiger partial charge in [-0.2, -0.15) is 5.10 Å². The zero-order valence-electron chi connectivity index (χ0n) is 10.8. The number of halogens is 1. The number of benzene rings is 1. The van der Waals surface area contributed by atoms with Crippen molar-refractivity contribution in [1.82, 2.24) is 9.78 Å². The SMILES string of the molecule is NC1CCCCc2c1cnn2Cc1cccc(Cl)c1. The van der Waals surface area contributed by atoms with E-state index in [2.05, 4.69) is 15.8 Å². The van der Waals surface area contributed by atoms with Crippen molar-refractivity contribution in [2.75, 3.05) is 0 Å². The Morgan fingerprint density at radius 1 is 1.37 bits per heavy atom. The maximum absolute atomic E-state index is 6.20. The zero-order valence-corrected chi connectivity index (χ0v) is 11.6. The first-order valence-electron chi connectivity index (χ1n) is 6.78. The summed E-state index contributed by atoms with van der Waals surface area (Å²) in [7, 11) is 0. The monoisotopic (exact) mass is 275 g/mol. The number of nitrogens with zero attached hydrogens (tertiary/aromatic N) is 2. The van der Waals surface area contributed by atoms with Crippen LogP contribution in [0.15, 0.2) is 30.5 Å². The van der Waals surface area contributed by atoms with Crippen LogP contribution in [0.2, 0.25) is 5.02 Å². The molecule has 3 rings (SSSR count). The Kier molecular flexibility index (Phi) is 3.58. The molecule has 4 heteroatoms. The predicted octanol–water partition coefficient (Wildman–Crippen LogP) is 3.31. The summed E-state index contributed by atoms with van der Waals surface area (Å²) in [5.74, 6) is 0. The number of nitrogens with two attached hydrogens (primary N) is 1. The first kappa shape index (κ1) is 12.7. The number of fused-ring (bicyclic) bond motifs is 1. The van der Waals surface area contributed by atoms with Crippen LogP contribution < -0.4 is 5.73 Å². The Morgan fingerprint density at radius 2 is 2.26 bits per heavy atom. The molecule has 0 saturated carbocycles. The van der Waals surface area contributed by atoms with Gasteiger partial charge in [0.15, 0.2) is 0 Å². The second-order valence-corrected chi connectivity index (χ2v) is 5.62. The normalized spacial score (nSPS) is 18.9. The smallest absolute Gasteiger partial charge is 0.0663 e. The summed E-state index contributed by atoms with van der Waals surface area (Å²) in [6.07, 6.45) is 6.48. The van der Waals surface area contributed by atoms with Crippen LogP contribution in [0.3, 0.4) is 0 Å². The van der Waals surface area contributed by atoms with Crippen LogP contribution in [0.1, 0.15) is 42.1 Å². The van der Waals surface area contributed by atoms with Gasteiger partial charge in [0, 0.05) is 22.3 Å². The van der Waals surface area contributed by atoms with Crippen LogP contribution >= 0.6 is 11.6 Å². The molecule has 1 aliphatic carbocycles. The molecule has 0 saturated heterocycles. The average molecular weight is 276 g/mol. The lowest BCUT2D eigenvalue weighted by molar-refractivity contribution is 0.602. The van der Waals surface area contributed by atoms with E-state index in [9.17, 15) is 0 Å². The van der Waals surface area contributed by atoms with Gasteiger partial charge in [-0.3, -0.25) is 4.68 Å². The molecule has 19 heavy (non-hydrogen) atoms. The largest absolute Gasteiger partial charge is 0.324 e. The Morgan fingerprint density at radius 3 is 3.11 bits per heavy atom. The summed E-state index contributed by atoms with van der Waals surface area (Å²) in [6.45, 7) is 0.766. The summed E-state index contributed by atoms with van der Waals surface area (Å²) in [5.41, 5.74) is 9.90. The highest BCUT2D eigenvalue weighted by atomic mass is 35.5. The molecule has 1 aromatic carbocycles. The van der Waals surface area contributed by atoms with Gasteiger partial charge in [-0.25, -0.2) is 0 Å². The van der Waals surface area contributed by atoms with Crippen LogP contribution in [0.4, 0.5) is 0 Å². The van der Waals surface area contributed by atoms with Crippen LogP contribution in [0.5, 0.6) is 0 Å². The van der Waals surface area contributed by atoms with Crippen molar-refractivity contribution < 1.29 is 0 Å². The third kappa shape index (κ3) is 2.67. The minimum Gasteiger partial charge on any atom is -0.324 e. The van der Waals surface area contributed by atoms with Gasteiger partial charge in [0.05, 0.1) is 12.7 Å². The van der Waals surface area contributed by atoms with Crippen molar-refractivity contribution in [3.63, 3.8) is 0 Å². The highest BCUT2D eigenvalue weighted by Gasteiger charge is 2.19. The lowest BCUT2D eigenvalue weighted by atomic mass is 10.1. The summed E-state index contributed by atoms with van der Waals surface area (Å²) in [6, 6.07) is 8.09. The number of hydrogen-bond donors (Lipinski definition) is 1. The molecule has 0 bridgehead atoms. The summed E-state index contributed by atoms with van der Waals surface area (Å²) >= 11 is 6.03. The molecule has 1 aliphatic rings. The first-order valence-corrected chi connectivity index (χ1v) is 7.16. The molecule has 1 unspecified atom stereocenters. The van der Waals surface area contributed by atoms with Crippen molar-refractivity contribution in [1.29, 1.82) is 0 Å². The fourth-order valence-corrected chi connectivity index (χ4v) is 2.98. The van der Waals surface area contributed by atoms with Crippen LogP contribution in [0, 0.1) is 0 Å². The molecule has 1 atom stereocenters. The van der Waals surface area contributed by atoms with E-state index in [1.807, 2.05) is 24.4 Å². The molecule has 2 aromatic rings. The Balaban J connectivity index is 1.90. The Hall–Kier alpha value is -1.32. The summed E-state index contributed by atoms with van der Waals surface area (Å²) < 4.78 is 2.08. The van der Waals surface area contributed by atoms with Crippen LogP contribution in [-0.4, -0.2) is 9.78 Å². The molecule has 3 nitrogen and oxygen atoms in total. The van der Waals surface area contributed by atoms with E-state index in [1.165, 1.54) is 29.7 Å². The second-order valence-electron chi connectivity index (χ2n) is 5.19. The average Bonchev–Trinajstić information content (AvgIpc) is 2.68. The highest BCUT2D eigenvalue weighted by molar-refractivity contribution is 6.30. The maximum atomic E-state index is 6.20. The summed E-state index contributed by atoms with van der Waals surface area (Å²) in [5, 5.41) is 5.28. The molecule has 0 aliphatic heterocycles. The van der Waals surface area contributed by atoms with E-state index in [1.54, 1.807) is 0 Å². The molecule has 2 N–H and O–H groups in total. The van der Waals surface area contributed by atoms with Gasteiger partial charge in [-0.1, -0.05) is 30.2 Å². The predicted molar refractivity (Wildman–Crippen MR) is 77.3 cm³/mol. The molecule has 0 amide bonds. The van der Waals surface area contributed by atoms with E-state index in [-0.39, 0.29) is 6.04 Å². The highest BCUT2D eigenvalue weighted by Crippen LogP contribution is 2.27. The lowest BCUT2D eigenvalue weighted by Gasteiger charge is -2.10. The first-order chi connectivity index (χ1) is 9.24. The van der Waals surface area contributed by atoms with Gasteiger partial charge in [0.2, 0.25) is 0 Å². The van der Waals surface area contributed by atoms with Crippen LogP contribution in [0.25, 0.3) is 0 Å². The van der Waals surface area contributed by atoms with E-state index >= 15 is 0 Å². The topological polar surface area (TPSA) is 43.8 Å². The molecule has 1 heterocycles. The van der Waals surface area contributed by atoms with E-state index < -0.39 is 0 Å². The van der Waals surface area contributed by atoms with Crippen molar-refractivity contribution in [2.45, 2.75) is 38.3 Å². The van der Waals surface area contributed by atoms with Gasteiger partial charge in [0.25, 0.3) is 0 Å². The molecule has 0 radical (unpaired) electrons. The standard InChI is InChI=1S/C15H18ClN3/c16-12-5-3-4-11(8-12)10-19-15-7-2-1-6-14(17)13(15)9-18-19/h3-5,8-9,14H,1-2,6-7,10,17H2. The van der Waals surface area contributed by atoms with Gasteiger partial charge in [-0.05, 0) is 37.0 Å². The van der Waals surface area contributed by atoms with Crippen LogP contribution in [-0.2, 0) is 13.0 Å². The van der Waals surface area contributed by atoms with Crippen molar-refractivity contribution in [3.8, 4) is 0 Å². The van der Waals surface area contributed by atoms with Gasteiger partial charge < -0.3 is 5.73 Å². The number of hydrogen-bond acceptors (Lipinski definition) is 2. The minimum absolute atomic E-state index is 0.144. The Labute approximate surface area is 118 Å². The van der Waals surface area contributed by atoms with Crippen molar-refractivity contribution in [3.05, 3.63) is 52.3 Å². The van der Waals surface area contributed by atoms with Crippen molar-refractivity contribution in [2.24, 2.45) is 5.73 Å². The van der Waals surface area contributed by atoms with E-state index in [0.717, 1.165) is 24.4 Å². The molecule has 0 spiro atoms.